The van der Waals surface area contributed by atoms with Crippen molar-refractivity contribution in [2.24, 2.45) is 0 Å². The highest BCUT2D eigenvalue weighted by Gasteiger charge is 2.22. The van der Waals surface area contributed by atoms with Crippen molar-refractivity contribution in [2.75, 3.05) is 12.8 Å². The maximum Gasteiger partial charge on any atom is 0.223 e. The quantitative estimate of drug-likeness (QED) is 0.689. The third kappa shape index (κ3) is 1.68. The van der Waals surface area contributed by atoms with Crippen LogP contribution in [-0.4, -0.2) is 22.1 Å². The summed E-state index contributed by atoms with van der Waals surface area (Å²) < 4.78 is 5.17. The summed E-state index contributed by atoms with van der Waals surface area (Å²) >= 11 is 0. The molecule has 0 aliphatic heterocycles. The van der Waals surface area contributed by atoms with E-state index in [1.165, 1.54) is 6.33 Å². The Morgan fingerprint density at radius 3 is 2.58 bits per heavy atom. The zero-order valence-corrected chi connectivity index (χ0v) is 7.40. The number of ether oxygens (including phenoxy) is 1. The van der Waals surface area contributed by atoms with Crippen molar-refractivity contribution in [1.29, 1.82) is 0 Å². The molecule has 0 atom stereocenters. The standard InChI is InChI=1S/C7H12N4O/c1-7(2,12-3)5-9-4-10-6(8)11-5/h4H,1-3H3,(H2,8,9,10,11). The molecule has 0 unspecified atom stereocenters. The first-order valence-corrected chi connectivity index (χ1v) is 3.56. The molecule has 12 heavy (non-hydrogen) atoms. The second-order valence-electron chi connectivity index (χ2n) is 2.88. The SMILES string of the molecule is COC(C)(C)c1ncnc(N)n1. The van der Waals surface area contributed by atoms with Gasteiger partial charge in [-0.05, 0) is 13.8 Å². The van der Waals surface area contributed by atoms with Crippen LogP contribution < -0.4 is 5.73 Å². The molecule has 5 heteroatoms. The van der Waals surface area contributed by atoms with E-state index in [1.807, 2.05) is 13.8 Å². The molecule has 0 amide bonds. The number of hydrogen-bond acceptors (Lipinski definition) is 5. The molecule has 5 nitrogen and oxygen atoms in total. The second-order valence-corrected chi connectivity index (χ2v) is 2.88. The summed E-state index contributed by atoms with van der Waals surface area (Å²) in [6.07, 6.45) is 1.37. The van der Waals surface area contributed by atoms with Crippen molar-refractivity contribution >= 4 is 5.95 Å². The first kappa shape index (κ1) is 8.86. The Morgan fingerprint density at radius 1 is 1.42 bits per heavy atom. The average molecular weight is 168 g/mol. The van der Waals surface area contributed by atoms with Gasteiger partial charge in [-0.3, -0.25) is 0 Å². The molecule has 0 radical (unpaired) electrons. The highest BCUT2D eigenvalue weighted by molar-refractivity contribution is 5.14. The molecular weight excluding hydrogens is 156 g/mol. The summed E-state index contributed by atoms with van der Waals surface area (Å²) in [7, 11) is 1.60. The first-order valence-electron chi connectivity index (χ1n) is 3.56. The van der Waals surface area contributed by atoms with Crippen LogP contribution in [-0.2, 0) is 10.3 Å². The summed E-state index contributed by atoms with van der Waals surface area (Å²) in [4.78, 5) is 11.6. The average Bonchev–Trinajstić information content (AvgIpc) is 2.05. The predicted molar refractivity (Wildman–Crippen MR) is 44.3 cm³/mol. The minimum absolute atomic E-state index is 0.213. The lowest BCUT2D eigenvalue weighted by Crippen LogP contribution is -2.23. The summed E-state index contributed by atoms with van der Waals surface area (Å²) in [6, 6.07) is 0. The molecule has 0 bridgehead atoms. The number of nitrogens with zero attached hydrogens (tertiary/aromatic N) is 3. The Bertz CT molecular complexity index is 274. The lowest BCUT2D eigenvalue weighted by molar-refractivity contribution is 0.0114. The van der Waals surface area contributed by atoms with Crippen LogP contribution in [0.2, 0.25) is 0 Å². The molecule has 0 saturated heterocycles. The lowest BCUT2D eigenvalue weighted by Gasteiger charge is -2.20. The monoisotopic (exact) mass is 168 g/mol. The fourth-order valence-corrected chi connectivity index (χ4v) is 0.690. The molecule has 1 aromatic heterocycles. The van der Waals surface area contributed by atoms with Crippen molar-refractivity contribution in [1.82, 2.24) is 15.0 Å². The topological polar surface area (TPSA) is 73.9 Å². The van der Waals surface area contributed by atoms with Gasteiger partial charge in [0.25, 0.3) is 0 Å². The number of hydrogen-bond donors (Lipinski definition) is 1. The van der Waals surface area contributed by atoms with Gasteiger partial charge in [0.1, 0.15) is 11.9 Å². The van der Waals surface area contributed by atoms with Gasteiger partial charge in [-0.15, -0.1) is 0 Å². The number of methoxy groups -OCH3 is 1. The lowest BCUT2D eigenvalue weighted by atomic mass is 10.1. The summed E-state index contributed by atoms with van der Waals surface area (Å²) in [5.74, 6) is 0.752. The molecule has 66 valence electrons. The fourth-order valence-electron chi connectivity index (χ4n) is 0.690. The van der Waals surface area contributed by atoms with Gasteiger partial charge in [0, 0.05) is 7.11 Å². The van der Waals surface area contributed by atoms with E-state index in [-0.39, 0.29) is 5.95 Å². The van der Waals surface area contributed by atoms with Gasteiger partial charge in [-0.1, -0.05) is 0 Å². The summed E-state index contributed by atoms with van der Waals surface area (Å²) in [6.45, 7) is 3.73. The first-order chi connectivity index (χ1) is 5.56. The van der Waals surface area contributed by atoms with E-state index in [0.29, 0.717) is 5.82 Å². The van der Waals surface area contributed by atoms with Crippen LogP contribution in [0.1, 0.15) is 19.7 Å². The molecule has 1 aromatic rings. The molecule has 0 aromatic carbocycles. The van der Waals surface area contributed by atoms with Crippen molar-refractivity contribution in [3.63, 3.8) is 0 Å². The van der Waals surface area contributed by atoms with Crippen LogP contribution >= 0.6 is 0 Å². The largest absolute Gasteiger partial charge is 0.371 e. The Balaban J connectivity index is 3.03. The number of rotatable bonds is 2. The Kier molecular flexibility index (Phi) is 2.23. The zero-order chi connectivity index (χ0) is 9.19. The van der Waals surface area contributed by atoms with E-state index in [4.69, 9.17) is 10.5 Å². The highest BCUT2D eigenvalue weighted by atomic mass is 16.5. The predicted octanol–water partition coefficient (Wildman–Crippen LogP) is 0.335. The van der Waals surface area contributed by atoms with E-state index < -0.39 is 5.60 Å². The van der Waals surface area contributed by atoms with E-state index >= 15 is 0 Å². The van der Waals surface area contributed by atoms with E-state index in [1.54, 1.807) is 7.11 Å². The Labute approximate surface area is 71.0 Å². The van der Waals surface area contributed by atoms with E-state index in [9.17, 15) is 0 Å². The van der Waals surface area contributed by atoms with Gasteiger partial charge in [0.15, 0.2) is 5.82 Å². The van der Waals surface area contributed by atoms with Crippen molar-refractivity contribution in [2.45, 2.75) is 19.4 Å². The Morgan fingerprint density at radius 2 is 2.08 bits per heavy atom. The summed E-state index contributed by atoms with van der Waals surface area (Å²) in [5, 5.41) is 0. The maximum absolute atomic E-state index is 5.39. The molecule has 0 spiro atoms. The second kappa shape index (κ2) is 3.02. The molecule has 0 fully saturated rings. The van der Waals surface area contributed by atoms with Gasteiger partial charge in [0.05, 0.1) is 0 Å². The third-order valence-electron chi connectivity index (χ3n) is 1.64. The molecule has 1 rings (SSSR count). The van der Waals surface area contributed by atoms with Crippen LogP contribution in [0.4, 0.5) is 5.95 Å². The van der Waals surface area contributed by atoms with Crippen LogP contribution in [0, 0.1) is 0 Å². The number of nitrogens with two attached hydrogens (primary N) is 1. The van der Waals surface area contributed by atoms with Gasteiger partial charge >= 0.3 is 0 Å². The number of anilines is 1. The maximum atomic E-state index is 5.39. The molecule has 0 aliphatic carbocycles. The fraction of sp³-hybridized carbons (Fsp3) is 0.571. The van der Waals surface area contributed by atoms with Gasteiger partial charge in [-0.2, -0.15) is 4.98 Å². The number of aromatic nitrogens is 3. The van der Waals surface area contributed by atoms with Gasteiger partial charge < -0.3 is 10.5 Å². The van der Waals surface area contributed by atoms with Crippen LogP contribution in [0.5, 0.6) is 0 Å². The number of nitrogen functional groups attached to an aromatic ring is 1. The normalized spacial score (nSPS) is 11.6. The molecule has 0 saturated carbocycles. The highest BCUT2D eigenvalue weighted by Crippen LogP contribution is 2.18. The smallest absolute Gasteiger partial charge is 0.223 e. The van der Waals surface area contributed by atoms with Crippen molar-refractivity contribution in [3.05, 3.63) is 12.2 Å². The minimum Gasteiger partial charge on any atom is -0.371 e. The van der Waals surface area contributed by atoms with Crippen LogP contribution in [0.3, 0.4) is 0 Å². The zero-order valence-electron chi connectivity index (χ0n) is 7.40. The molecule has 1 heterocycles. The van der Waals surface area contributed by atoms with Gasteiger partial charge in [-0.25, -0.2) is 9.97 Å². The van der Waals surface area contributed by atoms with Crippen LogP contribution in [0.25, 0.3) is 0 Å². The minimum atomic E-state index is -0.517. The van der Waals surface area contributed by atoms with Gasteiger partial charge in [0.2, 0.25) is 5.95 Å². The molecule has 2 N–H and O–H groups in total. The van der Waals surface area contributed by atoms with E-state index in [0.717, 1.165) is 0 Å². The summed E-state index contributed by atoms with van der Waals surface area (Å²) in [5.41, 5.74) is 4.88. The molecule has 0 aliphatic rings. The molecular formula is C7H12N4O. The van der Waals surface area contributed by atoms with Crippen LogP contribution in [0.15, 0.2) is 6.33 Å². The van der Waals surface area contributed by atoms with Crippen molar-refractivity contribution in [3.8, 4) is 0 Å². The third-order valence-corrected chi connectivity index (χ3v) is 1.64. The Hall–Kier alpha value is -1.23. The van der Waals surface area contributed by atoms with Crippen molar-refractivity contribution < 1.29 is 4.74 Å². The van der Waals surface area contributed by atoms with E-state index in [2.05, 4.69) is 15.0 Å².